The Morgan fingerprint density at radius 2 is 2.15 bits per heavy atom. The molecule has 140 valence electrons. The van der Waals surface area contributed by atoms with Crippen molar-refractivity contribution in [3.8, 4) is 0 Å². The third kappa shape index (κ3) is 4.17. The first-order chi connectivity index (χ1) is 13.2. The summed E-state index contributed by atoms with van der Waals surface area (Å²) in [6.45, 7) is 5.22. The van der Waals surface area contributed by atoms with Crippen LogP contribution in [-0.4, -0.2) is 37.5 Å². The molecule has 27 heavy (non-hydrogen) atoms. The van der Waals surface area contributed by atoms with E-state index in [9.17, 15) is 0 Å². The fourth-order valence-corrected chi connectivity index (χ4v) is 3.74. The van der Waals surface area contributed by atoms with Crippen LogP contribution in [0.4, 0.5) is 11.6 Å². The summed E-state index contributed by atoms with van der Waals surface area (Å²) >= 11 is 0. The van der Waals surface area contributed by atoms with Gasteiger partial charge in [-0.3, -0.25) is 4.90 Å². The Bertz CT molecular complexity index is 903. The molecule has 1 aliphatic rings. The van der Waals surface area contributed by atoms with Crippen LogP contribution < -0.4 is 5.32 Å². The van der Waals surface area contributed by atoms with Gasteiger partial charge >= 0.3 is 0 Å². The molecule has 1 saturated heterocycles. The van der Waals surface area contributed by atoms with Gasteiger partial charge < -0.3 is 9.88 Å². The Hall–Kier alpha value is -2.73. The highest BCUT2D eigenvalue weighted by Crippen LogP contribution is 2.29. The summed E-state index contributed by atoms with van der Waals surface area (Å²) in [5.41, 5.74) is 3.72. The van der Waals surface area contributed by atoms with E-state index >= 15 is 0 Å². The quantitative estimate of drug-likeness (QED) is 0.751. The standard InChI is InChI=1S/C21H26N6/c1-16-5-3-8-24-21(16)25-20-11-17(7-9-23-20)18-6-4-10-27(13-18)14-19-12-22-15-26(19)2/h3,5,7-9,11-12,15,18H,4,6,10,13-14H2,1-2H3,(H,23,24,25)/t18-/m1/s1. The zero-order chi connectivity index (χ0) is 18.6. The molecule has 0 aliphatic carbocycles. The summed E-state index contributed by atoms with van der Waals surface area (Å²) in [6.07, 6.45) is 9.97. The van der Waals surface area contributed by atoms with Gasteiger partial charge in [-0.15, -0.1) is 0 Å². The normalized spacial score (nSPS) is 17.8. The van der Waals surface area contributed by atoms with E-state index in [-0.39, 0.29) is 0 Å². The molecule has 0 aromatic carbocycles. The number of piperidine rings is 1. The second kappa shape index (κ2) is 7.88. The van der Waals surface area contributed by atoms with Crippen LogP contribution in [-0.2, 0) is 13.6 Å². The molecule has 0 radical (unpaired) electrons. The molecule has 4 rings (SSSR count). The largest absolute Gasteiger partial charge is 0.337 e. The number of nitrogens with one attached hydrogen (secondary N) is 1. The number of anilines is 2. The Kier molecular flexibility index (Phi) is 5.16. The summed E-state index contributed by atoms with van der Waals surface area (Å²) in [5, 5.41) is 3.36. The van der Waals surface area contributed by atoms with Crippen molar-refractivity contribution in [1.82, 2.24) is 24.4 Å². The van der Waals surface area contributed by atoms with Gasteiger partial charge in [-0.1, -0.05) is 6.07 Å². The summed E-state index contributed by atoms with van der Waals surface area (Å²) in [5.74, 6) is 2.25. The number of hydrogen-bond donors (Lipinski definition) is 1. The smallest absolute Gasteiger partial charge is 0.134 e. The number of aryl methyl sites for hydroxylation is 2. The number of imidazole rings is 1. The van der Waals surface area contributed by atoms with Gasteiger partial charge in [0.2, 0.25) is 0 Å². The number of rotatable bonds is 5. The Morgan fingerprint density at radius 3 is 2.96 bits per heavy atom. The van der Waals surface area contributed by atoms with Crippen LogP contribution in [0.25, 0.3) is 0 Å². The molecule has 6 nitrogen and oxygen atoms in total. The molecular weight excluding hydrogens is 336 g/mol. The average Bonchev–Trinajstić information content (AvgIpc) is 3.09. The summed E-state index contributed by atoms with van der Waals surface area (Å²) in [7, 11) is 2.06. The Balaban J connectivity index is 1.46. The zero-order valence-electron chi connectivity index (χ0n) is 16.0. The van der Waals surface area contributed by atoms with Crippen molar-refractivity contribution in [1.29, 1.82) is 0 Å². The van der Waals surface area contributed by atoms with E-state index in [1.807, 2.05) is 24.8 Å². The monoisotopic (exact) mass is 362 g/mol. The lowest BCUT2D eigenvalue weighted by atomic mass is 9.91. The van der Waals surface area contributed by atoms with Crippen molar-refractivity contribution in [2.24, 2.45) is 7.05 Å². The van der Waals surface area contributed by atoms with Gasteiger partial charge in [0.25, 0.3) is 0 Å². The molecule has 0 saturated carbocycles. The molecule has 1 aliphatic heterocycles. The molecule has 0 bridgehead atoms. The number of aromatic nitrogens is 4. The van der Waals surface area contributed by atoms with E-state index in [1.54, 1.807) is 6.20 Å². The van der Waals surface area contributed by atoms with Gasteiger partial charge in [0.15, 0.2) is 0 Å². The Labute approximate surface area is 160 Å². The molecule has 1 fully saturated rings. The van der Waals surface area contributed by atoms with Crippen molar-refractivity contribution in [2.75, 3.05) is 18.4 Å². The van der Waals surface area contributed by atoms with Crippen molar-refractivity contribution >= 4 is 11.6 Å². The fraction of sp³-hybridized carbons (Fsp3) is 0.381. The SMILES string of the molecule is Cc1cccnc1Nc1cc([C@@H]2CCCN(Cc3cncn3C)C2)ccn1. The maximum Gasteiger partial charge on any atom is 0.134 e. The van der Waals surface area contributed by atoms with E-state index in [2.05, 4.69) is 61.9 Å². The summed E-state index contributed by atoms with van der Waals surface area (Å²) in [4.78, 5) is 15.7. The van der Waals surface area contributed by atoms with Gasteiger partial charge in [-0.2, -0.15) is 0 Å². The number of likely N-dealkylation sites (tertiary alicyclic amines) is 1. The van der Waals surface area contributed by atoms with Crippen LogP contribution in [0.3, 0.4) is 0 Å². The molecule has 1 N–H and O–H groups in total. The van der Waals surface area contributed by atoms with Crippen molar-refractivity contribution in [2.45, 2.75) is 32.2 Å². The highest BCUT2D eigenvalue weighted by molar-refractivity contribution is 5.56. The second-order valence-corrected chi connectivity index (χ2v) is 7.34. The number of pyridine rings is 2. The van der Waals surface area contributed by atoms with Gasteiger partial charge in [0.05, 0.1) is 12.0 Å². The molecule has 6 heteroatoms. The van der Waals surface area contributed by atoms with Gasteiger partial charge in [-0.25, -0.2) is 15.0 Å². The Morgan fingerprint density at radius 1 is 1.22 bits per heavy atom. The van der Waals surface area contributed by atoms with Crippen LogP contribution in [0, 0.1) is 6.92 Å². The van der Waals surface area contributed by atoms with Gasteiger partial charge in [-0.05, 0) is 61.6 Å². The van der Waals surface area contributed by atoms with Gasteiger partial charge in [0.1, 0.15) is 11.6 Å². The third-order valence-corrected chi connectivity index (χ3v) is 5.32. The third-order valence-electron chi connectivity index (χ3n) is 5.32. The fourth-order valence-electron chi connectivity index (χ4n) is 3.74. The van der Waals surface area contributed by atoms with Crippen molar-refractivity contribution < 1.29 is 0 Å². The van der Waals surface area contributed by atoms with E-state index in [1.165, 1.54) is 24.1 Å². The van der Waals surface area contributed by atoms with E-state index in [0.29, 0.717) is 5.92 Å². The van der Waals surface area contributed by atoms with E-state index in [4.69, 9.17) is 0 Å². The first-order valence-electron chi connectivity index (χ1n) is 9.51. The second-order valence-electron chi connectivity index (χ2n) is 7.34. The van der Waals surface area contributed by atoms with E-state index in [0.717, 1.165) is 36.8 Å². The predicted octanol–water partition coefficient (Wildman–Crippen LogP) is 3.64. The molecule has 3 aromatic rings. The first-order valence-corrected chi connectivity index (χ1v) is 9.51. The summed E-state index contributed by atoms with van der Waals surface area (Å²) in [6, 6.07) is 8.32. The lowest BCUT2D eigenvalue weighted by molar-refractivity contribution is 0.196. The lowest BCUT2D eigenvalue weighted by Gasteiger charge is -2.33. The average molecular weight is 362 g/mol. The minimum atomic E-state index is 0.528. The molecule has 1 atom stereocenters. The lowest BCUT2D eigenvalue weighted by Crippen LogP contribution is -2.34. The van der Waals surface area contributed by atoms with Crippen LogP contribution in [0.5, 0.6) is 0 Å². The molecule has 0 spiro atoms. The minimum Gasteiger partial charge on any atom is -0.337 e. The maximum atomic E-state index is 4.49. The highest BCUT2D eigenvalue weighted by Gasteiger charge is 2.22. The zero-order valence-corrected chi connectivity index (χ0v) is 16.0. The molecular formula is C21H26N6. The topological polar surface area (TPSA) is 58.9 Å². The van der Waals surface area contributed by atoms with Crippen molar-refractivity contribution in [3.63, 3.8) is 0 Å². The maximum absolute atomic E-state index is 4.49. The van der Waals surface area contributed by atoms with Crippen LogP contribution in [0.15, 0.2) is 49.2 Å². The highest BCUT2D eigenvalue weighted by atomic mass is 15.2. The van der Waals surface area contributed by atoms with Crippen molar-refractivity contribution in [3.05, 3.63) is 66.0 Å². The molecule has 4 heterocycles. The van der Waals surface area contributed by atoms with Gasteiger partial charge in [0, 0.05) is 38.7 Å². The molecule has 0 unspecified atom stereocenters. The number of nitrogens with zero attached hydrogens (tertiary/aromatic N) is 5. The number of hydrogen-bond acceptors (Lipinski definition) is 5. The first kappa shape index (κ1) is 17.7. The summed E-state index contributed by atoms with van der Waals surface area (Å²) < 4.78 is 2.10. The van der Waals surface area contributed by atoms with Crippen LogP contribution >= 0.6 is 0 Å². The predicted molar refractivity (Wildman–Crippen MR) is 107 cm³/mol. The minimum absolute atomic E-state index is 0.528. The van der Waals surface area contributed by atoms with E-state index < -0.39 is 0 Å². The van der Waals surface area contributed by atoms with Crippen LogP contribution in [0.1, 0.15) is 35.6 Å². The van der Waals surface area contributed by atoms with Crippen LogP contribution in [0.2, 0.25) is 0 Å². The molecule has 0 amide bonds. The molecule has 3 aromatic heterocycles.